The second-order valence-corrected chi connectivity index (χ2v) is 7.85. The van der Waals surface area contributed by atoms with Crippen molar-refractivity contribution in [3.63, 3.8) is 0 Å². The number of likely N-dealkylation sites (tertiary alicyclic amines) is 1. The maximum atomic E-state index is 12.7. The van der Waals surface area contributed by atoms with E-state index in [4.69, 9.17) is 4.74 Å². The number of ether oxygens (including phenoxy) is 1. The maximum Gasteiger partial charge on any atom is 0.340 e. The Morgan fingerprint density at radius 3 is 2.68 bits per heavy atom. The fraction of sp³-hybridized carbons (Fsp3) is 0.600. The molecule has 1 heterocycles. The molecule has 0 spiro atoms. The minimum absolute atomic E-state index is 0.00459. The van der Waals surface area contributed by atoms with Gasteiger partial charge < -0.3 is 19.7 Å². The molecule has 1 amide bonds. The molecular weight excluding hydrogens is 362 g/mol. The Hall–Kier alpha value is -2.16. The summed E-state index contributed by atoms with van der Waals surface area (Å²) in [4.78, 5) is 28.9. The molecule has 3 rings (SSSR count). The van der Waals surface area contributed by atoms with Crippen LogP contribution in [0.5, 0.6) is 0 Å². The smallest absolute Gasteiger partial charge is 0.340 e. The van der Waals surface area contributed by atoms with Crippen molar-refractivity contribution in [3.05, 3.63) is 29.0 Å². The summed E-state index contributed by atoms with van der Waals surface area (Å²) in [5.74, 6) is -0.280. The molecule has 8 nitrogen and oxygen atoms in total. The molecule has 1 aromatic rings. The largest absolute Gasteiger partial charge is 0.595 e. The van der Waals surface area contributed by atoms with Gasteiger partial charge in [0.25, 0.3) is 5.91 Å². The SMILES string of the molecule is CN(C)c1ccc([NH+]([O-])O)cc1C(=O)OCC(=O)N1CCC[C@H]2CCCC[C@H]21. The minimum atomic E-state index is -1.12. The van der Waals surface area contributed by atoms with Gasteiger partial charge in [0, 0.05) is 38.8 Å². The van der Waals surface area contributed by atoms with Crippen molar-refractivity contribution >= 4 is 23.3 Å². The molecular formula is C20H29N3O5. The summed E-state index contributed by atoms with van der Waals surface area (Å²) in [7, 11) is 3.52. The predicted molar refractivity (Wildman–Crippen MR) is 104 cm³/mol. The number of esters is 1. The lowest BCUT2D eigenvalue weighted by molar-refractivity contribution is -0.991. The molecule has 2 N–H and O–H groups in total. The van der Waals surface area contributed by atoms with E-state index < -0.39 is 11.2 Å². The molecule has 28 heavy (non-hydrogen) atoms. The van der Waals surface area contributed by atoms with E-state index in [1.54, 1.807) is 25.1 Å². The van der Waals surface area contributed by atoms with Crippen LogP contribution in [0.4, 0.5) is 11.4 Å². The van der Waals surface area contributed by atoms with E-state index >= 15 is 0 Å². The first-order valence-corrected chi connectivity index (χ1v) is 9.89. The van der Waals surface area contributed by atoms with Crippen LogP contribution in [0, 0.1) is 11.1 Å². The molecule has 3 atom stereocenters. The van der Waals surface area contributed by atoms with Crippen molar-refractivity contribution in [2.75, 3.05) is 32.1 Å². The molecule has 1 aliphatic heterocycles. The van der Waals surface area contributed by atoms with E-state index in [-0.39, 0.29) is 29.8 Å². The zero-order valence-electron chi connectivity index (χ0n) is 16.5. The third kappa shape index (κ3) is 4.45. The second kappa shape index (κ2) is 8.89. The molecule has 1 unspecified atom stereocenters. The molecule has 0 bridgehead atoms. The van der Waals surface area contributed by atoms with Crippen molar-refractivity contribution in [1.82, 2.24) is 4.90 Å². The lowest BCUT2D eigenvalue weighted by atomic mass is 9.78. The van der Waals surface area contributed by atoms with Crippen LogP contribution in [0.15, 0.2) is 18.2 Å². The third-order valence-corrected chi connectivity index (χ3v) is 5.84. The monoisotopic (exact) mass is 391 g/mol. The van der Waals surface area contributed by atoms with Crippen LogP contribution in [-0.2, 0) is 9.53 Å². The number of nitrogens with zero attached hydrogens (tertiary/aromatic N) is 2. The highest BCUT2D eigenvalue weighted by atomic mass is 16.8. The molecule has 2 fully saturated rings. The Bertz CT molecular complexity index is 720. The Kier molecular flexibility index (Phi) is 6.53. The number of hydrogen-bond donors (Lipinski definition) is 2. The molecule has 1 aromatic carbocycles. The molecule has 2 aliphatic rings. The Morgan fingerprint density at radius 2 is 1.96 bits per heavy atom. The first kappa shape index (κ1) is 20.6. The van der Waals surface area contributed by atoms with E-state index in [1.165, 1.54) is 31.4 Å². The lowest BCUT2D eigenvalue weighted by Gasteiger charge is -2.44. The first-order valence-electron chi connectivity index (χ1n) is 9.89. The van der Waals surface area contributed by atoms with E-state index in [0.717, 1.165) is 25.8 Å². The van der Waals surface area contributed by atoms with Crippen molar-refractivity contribution in [2.24, 2.45) is 5.92 Å². The Balaban J connectivity index is 1.68. The molecule has 154 valence electrons. The quantitative estimate of drug-likeness (QED) is 0.583. The molecule has 0 aromatic heterocycles. The van der Waals surface area contributed by atoms with Gasteiger partial charge in [0.15, 0.2) is 12.3 Å². The standard InChI is InChI=1S/C20H29N3O5/c1-21(2)18-10-9-15(23(26)27)12-16(18)20(25)28-13-19(24)22-11-5-7-14-6-3-4-8-17(14)22/h9-10,12,14,17,23,26H,3-8,11,13H2,1-2H3/t14-,17-/m1/s1. The van der Waals surface area contributed by atoms with Gasteiger partial charge >= 0.3 is 5.97 Å². The van der Waals surface area contributed by atoms with Gasteiger partial charge in [-0.3, -0.25) is 4.79 Å². The normalized spacial score (nSPS) is 22.9. The van der Waals surface area contributed by atoms with E-state index in [1.807, 2.05) is 4.90 Å². The average Bonchev–Trinajstić information content (AvgIpc) is 2.70. The van der Waals surface area contributed by atoms with E-state index in [0.29, 0.717) is 11.6 Å². The molecule has 1 aliphatic carbocycles. The number of amides is 1. The van der Waals surface area contributed by atoms with Crippen molar-refractivity contribution < 1.29 is 24.8 Å². The third-order valence-electron chi connectivity index (χ3n) is 5.84. The van der Waals surface area contributed by atoms with Gasteiger partial charge in [-0.15, -0.1) is 0 Å². The minimum Gasteiger partial charge on any atom is -0.595 e. The number of carbonyl (C=O) groups is 2. The fourth-order valence-corrected chi connectivity index (χ4v) is 4.44. The van der Waals surface area contributed by atoms with Crippen LogP contribution in [0.3, 0.4) is 0 Å². The van der Waals surface area contributed by atoms with Crippen LogP contribution < -0.4 is 10.1 Å². The van der Waals surface area contributed by atoms with Gasteiger partial charge in [0.2, 0.25) is 0 Å². The van der Waals surface area contributed by atoms with Gasteiger partial charge in [-0.25, -0.2) is 10.0 Å². The highest BCUT2D eigenvalue weighted by molar-refractivity contribution is 5.97. The number of hydrogen-bond acceptors (Lipinski definition) is 6. The topological polar surface area (TPSA) is 97.6 Å². The summed E-state index contributed by atoms with van der Waals surface area (Å²) in [6.45, 7) is 0.404. The van der Waals surface area contributed by atoms with Crippen molar-refractivity contribution in [1.29, 1.82) is 0 Å². The van der Waals surface area contributed by atoms with Crippen LogP contribution in [-0.4, -0.2) is 55.3 Å². The van der Waals surface area contributed by atoms with E-state index in [9.17, 15) is 20.0 Å². The number of fused-ring (bicyclic) bond motifs is 1. The fourth-order valence-electron chi connectivity index (χ4n) is 4.44. The maximum absolute atomic E-state index is 12.7. The predicted octanol–water partition coefficient (Wildman–Crippen LogP) is 1.49. The first-order chi connectivity index (χ1) is 13.4. The van der Waals surface area contributed by atoms with Crippen molar-refractivity contribution in [2.45, 2.75) is 44.6 Å². The Labute approximate surface area is 165 Å². The molecule has 1 saturated carbocycles. The van der Waals surface area contributed by atoms with Gasteiger partial charge in [0.05, 0.1) is 11.3 Å². The van der Waals surface area contributed by atoms with Crippen LogP contribution in [0.25, 0.3) is 0 Å². The number of benzene rings is 1. The highest BCUT2D eigenvalue weighted by Crippen LogP contribution is 2.35. The summed E-state index contributed by atoms with van der Waals surface area (Å²) in [6, 6.07) is 4.57. The van der Waals surface area contributed by atoms with Crippen molar-refractivity contribution in [3.8, 4) is 0 Å². The number of piperidine rings is 1. The second-order valence-electron chi connectivity index (χ2n) is 7.85. The van der Waals surface area contributed by atoms with Crippen LogP contribution >= 0.6 is 0 Å². The number of nitrogens with one attached hydrogen (secondary N) is 1. The van der Waals surface area contributed by atoms with Gasteiger partial charge in [0.1, 0.15) is 0 Å². The van der Waals surface area contributed by atoms with Gasteiger partial charge in [-0.05, 0) is 37.7 Å². The Morgan fingerprint density at radius 1 is 1.25 bits per heavy atom. The average molecular weight is 391 g/mol. The molecule has 1 saturated heterocycles. The number of rotatable bonds is 5. The summed E-state index contributed by atoms with van der Waals surface area (Å²) >= 11 is 0. The van der Waals surface area contributed by atoms with Gasteiger partial charge in [-0.2, -0.15) is 5.23 Å². The highest BCUT2D eigenvalue weighted by Gasteiger charge is 2.36. The summed E-state index contributed by atoms with van der Waals surface area (Å²) < 4.78 is 5.30. The zero-order chi connectivity index (χ0) is 20.3. The molecule has 0 radical (unpaired) electrons. The summed E-state index contributed by atoms with van der Waals surface area (Å²) in [5, 5.41) is 19.3. The summed E-state index contributed by atoms with van der Waals surface area (Å²) in [6.07, 6.45) is 6.72. The molecule has 8 heteroatoms. The van der Waals surface area contributed by atoms with Crippen LogP contribution in [0.2, 0.25) is 0 Å². The zero-order valence-corrected chi connectivity index (χ0v) is 16.5. The van der Waals surface area contributed by atoms with E-state index in [2.05, 4.69) is 0 Å². The van der Waals surface area contributed by atoms with Crippen LogP contribution in [0.1, 0.15) is 48.9 Å². The summed E-state index contributed by atoms with van der Waals surface area (Å²) in [5.41, 5.74) is 0.699. The number of quaternary nitrogens is 1. The van der Waals surface area contributed by atoms with Gasteiger partial charge in [-0.1, -0.05) is 12.8 Å². The number of carbonyl (C=O) groups excluding carboxylic acids is 2. The number of anilines is 1. The lowest BCUT2D eigenvalue weighted by Crippen LogP contribution is -2.99.